The van der Waals surface area contributed by atoms with Crippen LogP contribution in [0.3, 0.4) is 0 Å². The minimum Gasteiger partial charge on any atom is -0.481 e. The van der Waals surface area contributed by atoms with Crippen LogP contribution in [0.15, 0.2) is 29.2 Å². The number of aryl methyl sites for hydroxylation is 1. The van der Waals surface area contributed by atoms with E-state index in [9.17, 15) is 4.79 Å². The van der Waals surface area contributed by atoms with E-state index in [1.54, 1.807) is 0 Å². The van der Waals surface area contributed by atoms with Crippen molar-refractivity contribution in [3.8, 4) is 0 Å². The number of carboxylic acid groups (broad SMARTS) is 1. The molecule has 0 spiro atoms. The highest BCUT2D eigenvalue weighted by molar-refractivity contribution is 7.99. The van der Waals surface area contributed by atoms with E-state index in [0.29, 0.717) is 6.42 Å². The molecule has 0 saturated heterocycles. The Bertz CT molecular complexity index is 306. The van der Waals surface area contributed by atoms with Gasteiger partial charge in [-0.3, -0.25) is 4.79 Å². The van der Waals surface area contributed by atoms with Crippen LogP contribution < -0.4 is 0 Å². The average Bonchev–Trinajstić information content (AvgIpc) is 2.25. The van der Waals surface area contributed by atoms with E-state index in [4.69, 9.17) is 5.11 Å². The summed E-state index contributed by atoms with van der Waals surface area (Å²) in [6.07, 6.45) is 2.00. The van der Waals surface area contributed by atoms with Crippen LogP contribution in [0.2, 0.25) is 0 Å². The van der Waals surface area contributed by atoms with Crippen molar-refractivity contribution in [1.82, 2.24) is 0 Å². The summed E-state index contributed by atoms with van der Waals surface area (Å²) in [5.74, 6) is 0.397. The highest BCUT2D eigenvalue weighted by Gasteiger charge is 1.99. The maximum atomic E-state index is 10.4. The molecule has 0 aliphatic carbocycles. The number of carboxylic acids is 1. The number of benzene rings is 1. The molecule has 1 N–H and O–H groups in total. The Labute approximate surface area is 94.7 Å². The molecule has 0 aliphatic rings. The number of thioether (sulfide) groups is 1. The molecule has 1 aromatic rings. The SMILES string of the molecule is CCCSc1ccc(CCC(=O)O)cc1. The smallest absolute Gasteiger partial charge is 0.303 e. The van der Waals surface area contributed by atoms with Gasteiger partial charge in [0.15, 0.2) is 0 Å². The third-order valence-electron chi connectivity index (χ3n) is 2.02. The van der Waals surface area contributed by atoms with E-state index in [2.05, 4.69) is 19.1 Å². The lowest BCUT2D eigenvalue weighted by molar-refractivity contribution is -0.136. The minimum atomic E-state index is -0.737. The van der Waals surface area contributed by atoms with Crippen LogP contribution in [0.4, 0.5) is 0 Å². The van der Waals surface area contributed by atoms with Crippen molar-refractivity contribution < 1.29 is 9.90 Å². The first kappa shape index (κ1) is 12.1. The monoisotopic (exact) mass is 224 g/mol. The molecule has 0 unspecified atom stereocenters. The number of carbonyl (C=O) groups is 1. The van der Waals surface area contributed by atoms with Gasteiger partial charge in [0, 0.05) is 11.3 Å². The molecule has 3 heteroatoms. The molecule has 82 valence electrons. The van der Waals surface area contributed by atoms with Crippen LogP contribution in [-0.2, 0) is 11.2 Å². The first-order chi connectivity index (χ1) is 7.22. The molecule has 0 saturated carbocycles. The van der Waals surface area contributed by atoms with Crippen molar-refractivity contribution in [2.75, 3.05) is 5.75 Å². The molecule has 0 heterocycles. The lowest BCUT2D eigenvalue weighted by atomic mass is 10.1. The molecular formula is C12H16O2S. The van der Waals surface area contributed by atoms with Gasteiger partial charge in [-0.25, -0.2) is 0 Å². The van der Waals surface area contributed by atoms with Crippen molar-refractivity contribution in [1.29, 1.82) is 0 Å². The second-order valence-electron chi connectivity index (χ2n) is 3.39. The Morgan fingerprint density at radius 2 is 2.00 bits per heavy atom. The van der Waals surface area contributed by atoms with Gasteiger partial charge < -0.3 is 5.11 Å². The van der Waals surface area contributed by atoms with E-state index in [0.717, 1.165) is 11.3 Å². The van der Waals surface area contributed by atoms with Gasteiger partial charge in [0.2, 0.25) is 0 Å². The van der Waals surface area contributed by atoms with Crippen LogP contribution in [-0.4, -0.2) is 16.8 Å². The molecule has 1 aromatic carbocycles. The first-order valence-electron chi connectivity index (χ1n) is 5.16. The minimum absolute atomic E-state index is 0.210. The third-order valence-corrected chi connectivity index (χ3v) is 3.24. The summed E-state index contributed by atoms with van der Waals surface area (Å²) in [4.78, 5) is 11.6. The zero-order valence-electron chi connectivity index (χ0n) is 8.90. The van der Waals surface area contributed by atoms with Gasteiger partial charge in [-0.15, -0.1) is 11.8 Å². The van der Waals surface area contributed by atoms with Gasteiger partial charge in [0.25, 0.3) is 0 Å². The van der Waals surface area contributed by atoms with Gasteiger partial charge in [0.05, 0.1) is 0 Å². The van der Waals surface area contributed by atoms with E-state index < -0.39 is 5.97 Å². The van der Waals surface area contributed by atoms with E-state index >= 15 is 0 Å². The van der Waals surface area contributed by atoms with E-state index in [-0.39, 0.29) is 6.42 Å². The molecule has 0 bridgehead atoms. The molecule has 2 nitrogen and oxygen atoms in total. The quantitative estimate of drug-likeness (QED) is 0.754. The molecule has 0 amide bonds. The average molecular weight is 224 g/mol. The zero-order valence-corrected chi connectivity index (χ0v) is 9.72. The largest absolute Gasteiger partial charge is 0.481 e. The first-order valence-corrected chi connectivity index (χ1v) is 6.14. The summed E-state index contributed by atoms with van der Waals surface area (Å²) in [6, 6.07) is 8.16. The van der Waals surface area contributed by atoms with Crippen molar-refractivity contribution in [3.63, 3.8) is 0 Å². The Hall–Kier alpha value is -0.960. The second kappa shape index (κ2) is 6.51. The van der Waals surface area contributed by atoms with Crippen LogP contribution >= 0.6 is 11.8 Å². The van der Waals surface area contributed by atoms with E-state index in [1.165, 1.54) is 11.3 Å². The fourth-order valence-electron chi connectivity index (χ4n) is 1.22. The highest BCUT2D eigenvalue weighted by Crippen LogP contribution is 2.19. The molecule has 0 aliphatic heterocycles. The van der Waals surface area contributed by atoms with Gasteiger partial charge in [0.1, 0.15) is 0 Å². The number of hydrogen-bond acceptors (Lipinski definition) is 2. The summed E-state index contributed by atoms with van der Waals surface area (Å²) in [6.45, 7) is 2.16. The predicted octanol–water partition coefficient (Wildman–Crippen LogP) is 3.21. The van der Waals surface area contributed by atoms with Crippen LogP contribution in [0, 0.1) is 0 Å². The third kappa shape index (κ3) is 4.88. The van der Waals surface area contributed by atoms with Gasteiger partial charge >= 0.3 is 5.97 Å². The zero-order chi connectivity index (χ0) is 11.1. The van der Waals surface area contributed by atoms with Gasteiger partial charge in [-0.1, -0.05) is 19.1 Å². The van der Waals surface area contributed by atoms with Gasteiger partial charge in [-0.05, 0) is 36.3 Å². The van der Waals surface area contributed by atoms with E-state index in [1.807, 2.05) is 23.9 Å². The summed E-state index contributed by atoms with van der Waals surface area (Å²) in [7, 11) is 0. The molecular weight excluding hydrogens is 208 g/mol. The van der Waals surface area contributed by atoms with Crippen LogP contribution in [0.25, 0.3) is 0 Å². The fraction of sp³-hybridized carbons (Fsp3) is 0.417. The standard InChI is InChI=1S/C12H16O2S/c1-2-9-15-11-6-3-10(4-7-11)5-8-12(13)14/h3-4,6-7H,2,5,8-9H2,1H3,(H,13,14). The van der Waals surface area contributed by atoms with Crippen LogP contribution in [0.1, 0.15) is 25.3 Å². The Morgan fingerprint density at radius 1 is 1.33 bits per heavy atom. The Balaban J connectivity index is 2.45. The van der Waals surface area contributed by atoms with Crippen molar-refractivity contribution in [3.05, 3.63) is 29.8 Å². The topological polar surface area (TPSA) is 37.3 Å². The summed E-state index contributed by atoms with van der Waals surface area (Å²) in [5.41, 5.74) is 1.10. The lowest BCUT2D eigenvalue weighted by Gasteiger charge is -2.02. The molecule has 15 heavy (non-hydrogen) atoms. The fourth-order valence-corrected chi connectivity index (χ4v) is 1.99. The predicted molar refractivity (Wildman–Crippen MR) is 63.4 cm³/mol. The summed E-state index contributed by atoms with van der Waals surface area (Å²) in [5, 5.41) is 8.54. The Kier molecular flexibility index (Phi) is 5.26. The van der Waals surface area contributed by atoms with Gasteiger partial charge in [-0.2, -0.15) is 0 Å². The van der Waals surface area contributed by atoms with Crippen molar-refractivity contribution >= 4 is 17.7 Å². The molecule has 0 aromatic heterocycles. The van der Waals surface area contributed by atoms with Crippen LogP contribution in [0.5, 0.6) is 0 Å². The second-order valence-corrected chi connectivity index (χ2v) is 4.55. The maximum absolute atomic E-state index is 10.4. The summed E-state index contributed by atoms with van der Waals surface area (Å²) < 4.78 is 0. The normalized spacial score (nSPS) is 10.2. The number of hydrogen-bond donors (Lipinski definition) is 1. The van der Waals surface area contributed by atoms with Crippen molar-refractivity contribution in [2.24, 2.45) is 0 Å². The molecule has 0 fully saturated rings. The molecule has 1 rings (SSSR count). The maximum Gasteiger partial charge on any atom is 0.303 e. The number of rotatable bonds is 6. The van der Waals surface area contributed by atoms with Crippen molar-refractivity contribution in [2.45, 2.75) is 31.1 Å². The summed E-state index contributed by atoms with van der Waals surface area (Å²) >= 11 is 1.84. The molecule has 0 atom stereocenters. The Morgan fingerprint density at radius 3 is 2.53 bits per heavy atom. The number of aliphatic carboxylic acids is 1. The lowest BCUT2D eigenvalue weighted by Crippen LogP contribution is -1.97. The highest BCUT2D eigenvalue weighted by atomic mass is 32.2. The molecule has 0 radical (unpaired) electrons.